The van der Waals surface area contributed by atoms with Crippen LogP contribution in [0.3, 0.4) is 0 Å². The fraction of sp³-hybridized carbons (Fsp3) is 0.333. The van der Waals surface area contributed by atoms with Crippen molar-refractivity contribution in [3.05, 3.63) is 12.4 Å². The van der Waals surface area contributed by atoms with Gasteiger partial charge in [-0.25, -0.2) is 0 Å². The minimum Gasteiger partial charge on any atom is -0.396 e. The molecule has 0 aromatic carbocycles. The predicted octanol–water partition coefficient (Wildman–Crippen LogP) is -0.396. The first kappa shape index (κ1) is 8.39. The molecule has 13 heavy (non-hydrogen) atoms. The van der Waals surface area contributed by atoms with Gasteiger partial charge in [-0.3, -0.25) is 4.98 Å². The lowest BCUT2D eigenvalue weighted by molar-refractivity contribution is 0.322. The number of fused-ring (bicyclic) bond motifs is 1. The molecule has 2 rings (SSSR count). The average molecular weight is 197 g/mol. The van der Waals surface area contributed by atoms with E-state index in [0.29, 0.717) is 11.4 Å². The Kier molecular flexibility index (Phi) is 2.37. The van der Waals surface area contributed by atoms with Gasteiger partial charge in [0.05, 0.1) is 19.0 Å². The van der Waals surface area contributed by atoms with Crippen molar-refractivity contribution < 1.29 is 5.11 Å². The van der Waals surface area contributed by atoms with E-state index in [1.165, 1.54) is 11.8 Å². The number of tetrazole rings is 1. The molecule has 2 aromatic heterocycles. The minimum absolute atomic E-state index is 0.128. The fourth-order valence-corrected chi connectivity index (χ4v) is 1.59. The molecule has 6 nitrogen and oxygen atoms in total. The van der Waals surface area contributed by atoms with Crippen LogP contribution in [0.4, 0.5) is 0 Å². The van der Waals surface area contributed by atoms with E-state index >= 15 is 0 Å². The lowest BCUT2D eigenvalue weighted by atomic mass is 10.7. The Balaban J connectivity index is 2.37. The summed E-state index contributed by atoms with van der Waals surface area (Å²) in [6.45, 7) is 0.128. The Morgan fingerprint density at radius 2 is 2.38 bits per heavy atom. The monoisotopic (exact) mass is 197 g/mol. The zero-order chi connectivity index (χ0) is 9.10. The summed E-state index contributed by atoms with van der Waals surface area (Å²) in [4.78, 5) is 3.97. The predicted molar refractivity (Wildman–Crippen MR) is 46.4 cm³/mol. The van der Waals surface area contributed by atoms with E-state index in [-0.39, 0.29) is 6.61 Å². The summed E-state index contributed by atoms with van der Waals surface area (Å²) in [7, 11) is 0. The molecule has 0 saturated carbocycles. The number of rotatable bonds is 3. The molecule has 0 aliphatic rings. The number of aromatic nitrogens is 5. The second-order valence-electron chi connectivity index (χ2n) is 2.27. The lowest BCUT2D eigenvalue weighted by Gasteiger charge is -1.99. The summed E-state index contributed by atoms with van der Waals surface area (Å²) in [5.74, 6) is 0.612. The molecule has 0 radical (unpaired) electrons. The maximum Gasteiger partial charge on any atom is 0.198 e. The molecule has 1 N–H and O–H groups in total. The second kappa shape index (κ2) is 3.67. The van der Waals surface area contributed by atoms with Gasteiger partial charge in [-0.15, -0.1) is 16.9 Å². The number of aliphatic hydroxyl groups is 1. The van der Waals surface area contributed by atoms with Gasteiger partial charge in [-0.05, 0) is 10.4 Å². The summed E-state index contributed by atoms with van der Waals surface area (Å²) in [6, 6.07) is 0. The van der Waals surface area contributed by atoms with Crippen LogP contribution in [-0.4, -0.2) is 42.5 Å². The molecule has 0 amide bonds. The first-order valence-corrected chi connectivity index (χ1v) is 4.66. The molecule has 0 aliphatic heterocycles. The summed E-state index contributed by atoms with van der Waals surface area (Å²) < 4.78 is 1.59. The molecule has 0 unspecified atom stereocenters. The van der Waals surface area contributed by atoms with E-state index in [4.69, 9.17) is 5.11 Å². The van der Waals surface area contributed by atoms with Gasteiger partial charge >= 0.3 is 0 Å². The molecule has 0 atom stereocenters. The Hall–Kier alpha value is -1.21. The summed E-state index contributed by atoms with van der Waals surface area (Å²) >= 11 is 1.46. The highest BCUT2D eigenvalue weighted by Gasteiger charge is 2.03. The van der Waals surface area contributed by atoms with Crippen molar-refractivity contribution in [2.45, 2.75) is 5.03 Å². The van der Waals surface area contributed by atoms with Crippen LogP contribution in [0, 0.1) is 0 Å². The van der Waals surface area contributed by atoms with Crippen molar-refractivity contribution in [3.63, 3.8) is 0 Å². The quantitative estimate of drug-likeness (QED) is 0.675. The summed E-state index contributed by atoms with van der Waals surface area (Å²) in [5, 5.41) is 20.5. The van der Waals surface area contributed by atoms with Crippen LogP contribution in [0.2, 0.25) is 0 Å². The van der Waals surface area contributed by atoms with Gasteiger partial charge in [0.1, 0.15) is 5.03 Å². The Labute approximate surface area is 78.0 Å². The van der Waals surface area contributed by atoms with Crippen LogP contribution in [0.25, 0.3) is 5.65 Å². The number of thioether (sulfide) groups is 1. The van der Waals surface area contributed by atoms with E-state index in [9.17, 15) is 0 Å². The second-order valence-corrected chi connectivity index (χ2v) is 3.38. The third kappa shape index (κ3) is 1.61. The molecule has 68 valence electrons. The van der Waals surface area contributed by atoms with Crippen molar-refractivity contribution in [2.24, 2.45) is 0 Å². The van der Waals surface area contributed by atoms with Crippen molar-refractivity contribution in [3.8, 4) is 0 Å². The topological polar surface area (TPSA) is 76.2 Å². The highest BCUT2D eigenvalue weighted by atomic mass is 32.2. The van der Waals surface area contributed by atoms with Crippen LogP contribution < -0.4 is 0 Å². The van der Waals surface area contributed by atoms with Gasteiger partial charge < -0.3 is 5.11 Å². The number of nitrogens with zero attached hydrogens (tertiary/aromatic N) is 5. The van der Waals surface area contributed by atoms with Gasteiger partial charge in [0.15, 0.2) is 5.65 Å². The van der Waals surface area contributed by atoms with Crippen LogP contribution in [0.5, 0.6) is 0 Å². The summed E-state index contributed by atoms with van der Waals surface area (Å²) in [6.07, 6.45) is 3.26. The third-order valence-electron chi connectivity index (χ3n) is 1.42. The third-order valence-corrected chi connectivity index (χ3v) is 2.38. The highest BCUT2D eigenvalue weighted by molar-refractivity contribution is 7.99. The number of aliphatic hydroxyl groups excluding tert-OH is 1. The van der Waals surface area contributed by atoms with Crippen LogP contribution in [0.1, 0.15) is 0 Å². The molecule has 2 heterocycles. The van der Waals surface area contributed by atoms with E-state index in [2.05, 4.69) is 20.5 Å². The van der Waals surface area contributed by atoms with E-state index in [1.54, 1.807) is 16.9 Å². The van der Waals surface area contributed by atoms with E-state index in [1.807, 2.05) is 0 Å². The normalized spacial score (nSPS) is 10.8. The maximum atomic E-state index is 8.65. The first-order chi connectivity index (χ1) is 6.42. The Morgan fingerprint density at radius 3 is 3.23 bits per heavy atom. The summed E-state index contributed by atoms with van der Waals surface area (Å²) in [5.41, 5.74) is 0.614. The first-order valence-electron chi connectivity index (χ1n) is 3.67. The van der Waals surface area contributed by atoms with Gasteiger partial charge in [0, 0.05) is 5.75 Å². The average Bonchev–Trinajstić information content (AvgIpc) is 2.62. The van der Waals surface area contributed by atoms with Crippen LogP contribution >= 0.6 is 11.8 Å². The molecule has 0 fully saturated rings. The SMILES string of the molecule is OCCSc1cncc2nnnn12. The lowest BCUT2D eigenvalue weighted by Crippen LogP contribution is -1.96. The van der Waals surface area contributed by atoms with Crippen LogP contribution in [-0.2, 0) is 0 Å². The maximum absolute atomic E-state index is 8.65. The molecular weight excluding hydrogens is 190 g/mol. The highest BCUT2D eigenvalue weighted by Crippen LogP contribution is 2.15. The van der Waals surface area contributed by atoms with Crippen molar-refractivity contribution >= 4 is 17.4 Å². The number of hydrogen-bond donors (Lipinski definition) is 1. The van der Waals surface area contributed by atoms with E-state index in [0.717, 1.165) is 5.03 Å². The van der Waals surface area contributed by atoms with Crippen LogP contribution in [0.15, 0.2) is 17.4 Å². The van der Waals surface area contributed by atoms with Crippen molar-refractivity contribution in [1.29, 1.82) is 0 Å². The standard InChI is InChI=1S/C6H7N5OS/c12-1-2-13-6-4-7-3-5-8-9-10-11(5)6/h3-4,12H,1-2H2. The Morgan fingerprint density at radius 1 is 1.46 bits per heavy atom. The molecular formula is C6H7N5OS. The largest absolute Gasteiger partial charge is 0.396 e. The molecule has 0 spiro atoms. The molecule has 0 saturated heterocycles. The fourth-order valence-electron chi connectivity index (χ4n) is 0.902. The number of hydrogen-bond acceptors (Lipinski definition) is 6. The smallest absolute Gasteiger partial charge is 0.198 e. The van der Waals surface area contributed by atoms with Gasteiger partial charge in [-0.2, -0.15) is 4.52 Å². The van der Waals surface area contributed by atoms with Gasteiger partial charge in [0.25, 0.3) is 0 Å². The molecule has 0 aliphatic carbocycles. The zero-order valence-corrected chi connectivity index (χ0v) is 7.48. The molecule has 2 aromatic rings. The Bertz CT molecular complexity index is 403. The van der Waals surface area contributed by atoms with Gasteiger partial charge in [-0.1, -0.05) is 0 Å². The molecule has 0 bridgehead atoms. The van der Waals surface area contributed by atoms with Gasteiger partial charge in [0.2, 0.25) is 0 Å². The van der Waals surface area contributed by atoms with Crippen molar-refractivity contribution in [2.75, 3.05) is 12.4 Å². The zero-order valence-electron chi connectivity index (χ0n) is 6.66. The molecule has 7 heteroatoms. The van der Waals surface area contributed by atoms with Crippen molar-refractivity contribution in [1.82, 2.24) is 25.0 Å². The minimum atomic E-state index is 0.128. The van der Waals surface area contributed by atoms with E-state index < -0.39 is 0 Å².